The Labute approximate surface area is 123 Å². The van der Waals surface area contributed by atoms with E-state index >= 15 is 0 Å². The summed E-state index contributed by atoms with van der Waals surface area (Å²) in [7, 11) is -3.50. The summed E-state index contributed by atoms with van der Waals surface area (Å²) in [5, 5.41) is -0.878. The lowest BCUT2D eigenvalue weighted by molar-refractivity contribution is 0.590. The Morgan fingerprint density at radius 1 is 1.05 bits per heavy atom. The number of nitrogens with zero attached hydrogens (tertiary/aromatic N) is 2. The molecule has 1 aliphatic rings. The van der Waals surface area contributed by atoms with Crippen molar-refractivity contribution in [1.29, 1.82) is 0 Å². The number of aromatic nitrogens is 1. The van der Waals surface area contributed by atoms with E-state index in [4.69, 9.17) is 0 Å². The Bertz CT molecular complexity index is 807. The van der Waals surface area contributed by atoms with Gasteiger partial charge in [-0.2, -0.15) is 0 Å². The maximum absolute atomic E-state index is 12.5. The summed E-state index contributed by atoms with van der Waals surface area (Å²) in [6, 6.07) is 12.3. The van der Waals surface area contributed by atoms with E-state index in [0.29, 0.717) is 11.4 Å². The van der Waals surface area contributed by atoms with Gasteiger partial charge in [-0.25, -0.2) is 8.42 Å². The van der Waals surface area contributed by atoms with Crippen molar-refractivity contribution in [3.63, 3.8) is 0 Å². The van der Waals surface area contributed by atoms with E-state index in [1.54, 1.807) is 42.6 Å². The number of pyridine rings is 1. The second-order valence-corrected chi connectivity index (χ2v) is 6.88. The van der Waals surface area contributed by atoms with E-state index in [0.717, 1.165) is 5.56 Å². The molecule has 1 aromatic carbocycles. The third-order valence-electron chi connectivity index (χ3n) is 3.28. The van der Waals surface area contributed by atoms with Crippen LogP contribution in [-0.4, -0.2) is 24.5 Å². The SMILES string of the molecule is Cc1ccc(S(=O)(=O)C2C=CC(c3ccccn3)=N2)cc1. The fraction of sp³-hybridized carbons (Fsp3) is 0.125. The predicted molar refractivity (Wildman–Crippen MR) is 82.1 cm³/mol. The summed E-state index contributed by atoms with van der Waals surface area (Å²) in [5.41, 5.74) is 2.29. The van der Waals surface area contributed by atoms with Gasteiger partial charge in [0.1, 0.15) is 0 Å². The van der Waals surface area contributed by atoms with Crippen molar-refractivity contribution in [3.8, 4) is 0 Å². The van der Waals surface area contributed by atoms with Crippen LogP contribution >= 0.6 is 0 Å². The van der Waals surface area contributed by atoms with Crippen molar-refractivity contribution >= 4 is 15.5 Å². The lowest BCUT2D eigenvalue weighted by Crippen LogP contribution is -2.16. The highest BCUT2D eigenvalue weighted by Gasteiger charge is 2.28. The summed E-state index contributed by atoms with van der Waals surface area (Å²) >= 11 is 0. The van der Waals surface area contributed by atoms with Crippen LogP contribution < -0.4 is 0 Å². The van der Waals surface area contributed by atoms with E-state index in [1.807, 2.05) is 25.1 Å². The Morgan fingerprint density at radius 2 is 1.81 bits per heavy atom. The largest absolute Gasteiger partial charge is 0.259 e. The van der Waals surface area contributed by atoms with Crippen LogP contribution in [0.3, 0.4) is 0 Å². The highest BCUT2D eigenvalue weighted by molar-refractivity contribution is 7.92. The van der Waals surface area contributed by atoms with Gasteiger partial charge in [0, 0.05) is 6.20 Å². The molecule has 0 amide bonds. The normalized spacial score (nSPS) is 17.8. The lowest BCUT2D eigenvalue weighted by atomic mass is 10.2. The van der Waals surface area contributed by atoms with Gasteiger partial charge in [-0.3, -0.25) is 9.98 Å². The zero-order valence-electron chi connectivity index (χ0n) is 11.5. The summed E-state index contributed by atoms with van der Waals surface area (Å²) in [5.74, 6) is 0. The average molecular weight is 298 g/mol. The molecule has 0 spiro atoms. The molecule has 1 atom stereocenters. The van der Waals surface area contributed by atoms with Crippen molar-refractivity contribution in [2.75, 3.05) is 0 Å². The van der Waals surface area contributed by atoms with Crippen LogP contribution in [0.25, 0.3) is 0 Å². The highest BCUT2D eigenvalue weighted by atomic mass is 32.2. The highest BCUT2D eigenvalue weighted by Crippen LogP contribution is 2.22. The van der Waals surface area contributed by atoms with E-state index in [1.165, 1.54) is 0 Å². The van der Waals surface area contributed by atoms with Crippen molar-refractivity contribution in [2.45, 2.75) is 17.2 Å². The molecule has 106 valence electrons. The molecule has 0 fully saturated rings. The second-order valence-electron chi connectivity index (χ2n) is 4.84. The van der Waals surface area contributed by atoms with Crippen molar-refractivity contribution in [1.82, 2.24) is 4.98 Å². The molecule has 1 aromatic heterocycles. The van der Waals surface area contributed by atoms with E-state index in [2.05, 4.69) is 9.98 Å². The monoisotopic (exact) mass is 298 g/mol. The van der Waals surface area contributed by atoms with E-state index in [9.17, 15) is 8.42 Å². The minimum absolute atomic E-state index is 0.286. The number of benzene rings is 1. The molecular weight excluding hydrogens is 284 g/mol. The van der Waals surface area contributed by atoms with Gasteiger partial charge in [-0.05, 0) is 43.3 Å². The fourth-order valence-corrected chi connectivity index (χ4v) is 3.43. The zero-order valence-corrected chi connectivity index (χ0v) is 12.3. The van der Waals surface area contributed by atoms with Crippen LogP contribution in [0.2, 0.25) is 0 Å². The van der Waals surface area contributed by atoms with Crippen molar-refractivity contribution < 1.29 is 8.42 Å². The third-order valence-corrected chi connectivity index (χ3v) is 5.11. The quantitative estimate of drug-likeness (QED) is 0.875. The number of aliphatic imine (C=N–C) groups is 1. The number of sulfone groups is 1. The number of allylic oxidation sites excluding steroid dienone is 1. The van der Waals surface area contributed by atoms with E-state index < -0.39 is 15.2 Å². The molecule has 5 heteroatoms. The van der Waals surface area contributed by atoms with Crippen molar-refractivity contribution in [2.24, 2.45) is 4.99 Å². The Hall–Kier alpha value is -2.27. The molecule has 0 saturated heterocycles. The lowest BCUT2D eigenvalue weighted by Gasteiger charge is -2.08. The molecule has 3 rings (SSSR count). The van der Waals surface area contributed by atoms with Crippen LogP contribution in [0, 0.1) is 6.92 Å². The zero-order chi connectivity index (χ0) is 14.9. The first-order chi connectivity index (χ1) is 10.1. The first-order valence-electron chi connectivity index (χ1n) is 6.55. The molecule has 1 unspecified atom stereocenters. The predicted octanol–water partition coefficient (Wildman–Crippen LogP) is 2.55. The van der Waals surface area contributed by atoms with Gasteiger partial charge >= 0.3 is 0 Å². The number of rotatable bonds is 3. The third kappa shape index (κ3) is 2.64. The van der Waals surface area contributed by atoms with Crippen LogP contribution in [0.1, 0.15) is 11.3 Å². The van der Waals surface area contributed by atoms with Gasteiger partial charge in [-0.1, -0.05) is 23.8 Å². The molecule has 4 nitrogen and oxygen atoms in total. The van der Waals surface area contributed by atoms with Crippen LogP contribution in [-0.2, 0) is 9.84 Å². The average Bonchev–Trinajstić information content (AvgIpc) is 2.99. The molecule has 0 aliphatic carbocycles. The van der Waals surface area contributed by atoms with E-state index in [-0.39, 0.29) is 4.90 Å². The molecular formula is C16H14N2O2S. The molecule has 0 radical (unpaired) electrons. The summed E-state index contributed by atoms with van der Waals surface area (Å²) in [4.78, 5) is 8.75. The Morgan fingerprint density at radius 3 is 2.48 bits per heavy atom. The molecule has 0 N–H and O–H groups in total. The number of hydrogen-bond acceptors (Lipinski definition) is 4. The summed E-state index contributed by atoms with van der Waals surface area (Å²) in [6.07, 6.45) is 4.96. The fourth-order valence-electron chi connectivity index (χ4n) is 2.10. The van der Waals surface area contributed by atoms with Crippen LogP contribution in [0.5, 0.6) is 0 Å². The maximum Gasteiger partial charge on any atom is 0.204 e. The first kappa shape index (κ1) is 13.7. The molecule has 2 heterocycles. The number of hydrogen-bond donors (Lipinski definition) is 0. The Kier molecular flexibility index (Phi) is 3.43. The van der Waals surface area contributed by atoms with Crippen molar-refractivity contribution in [3.05, 3.63) is 72.1 Å². The summed E-state index contributed by atoms with van der Waals surface area (Å²) in [6.45, 7) is 1.92. The molecule has 1 aliphatic heterocycles. The second kappa shape index (κ2) is 5.26. The molecule has 21 heavy (non-hydrogen) atoms. The minimum atomic E-state index is -3.50. The van der Waals surface area contributed by atoms with Gasteiger partial charge in [0.05, 0.1) is 16.3 Å². The smallest absolute Gasteiger partial charge is 0.204 e. The molecule has 2 aromatic rings. The van der Waals surface area contributed by atoms with Gasteiger partial charge < -0.3 is 0 Å². The standard InChI is InChI=1S/C16H14N2O2S/c1-12-5-7-13(8-6-12)21(19,20)16-10-9-15(18-16)14-4-2-3-11-17-14/h2-11,16H,1H3. The van der Waals surface area contributed by atoms with Crippen LogP contribution in [0.4, 0.5) is 0 Å². The summed E-state index contributed by atoms with van der Waals surface area (Å²) < 4.78 is 25.1. The van der Waals surface area contributed by atoms with Gasteiger partial charge in [0.2, 0.25) is 9.84 Å². The molecule has 0 saturated carbocycles. The molecule has 0 bridgehead atoms. The van der Waals surface area contributed by atoms with Crippen LogP contribution in [0.15, 0.2) is 70.7 Å². The van der Waals surface area contributed by atoms with Gasteiger partial charge in [0.15, 0.2) is 5.37 Å². The minimum Gasteiger partial charge on any atom is -0.259 e. The topological polar surface area (TPSA) is 59.4 Å². The van der Waals surface area contributed by atoms with Gasteiger partial charge in [-0.15, -0.1) is 0 Å². The Balaban J connectivity index is 1.94. The number of aryl methyl sites for hydroxylation is 1. The first-order valence-corrected chi connectivity index (χ1v) is 8.10. The van der Waals surface area contributed by atoms with Gasteiger partial charge in [0.25, 0.3) is 0 Å². The maximum atomic E-state index is 12.5.